The summed E-state index contributed by atoms with van der Waals surface area (Å²) in [7, 11) is 0. The van der Waals surface area contributed by atoms with E-state index in [1.165, 1.54) is 0 Å². The van der Waals surface area contributed by atoms with Crippen LogP contribution in [0.4, 0.5) is 5.82 Å². The molecule has 1 saturated heterocycles. The highest BCUT2D eigenvalue weighted by Crippen LogP contribution is 2.29. The van der Waals surface area contributed by atoms with E-state index in [-0.39, 0.29) is 11.5 Å². The number of carboxylic acid groups (broad SMARTS) is 1. The van der Waals surface area contributed by atoms with Crippen molar-refractivity contribution in [2.24, 2.45) is 5.41 Å². The van der Waals surface area contributed by atoms with Crippen molar-refractivity contribution >= 4 is 35.1 Å². The summed E-state index contributed by atoms with van der Waals surface area (Å²) in [6.45, 7) is 8.70. The Morgan fingerprint density at radius 3 is 2.55 bits per heavy atom. The van der Waals surface area contributed by atoms with Crippen molar-refractivity contribution in [1.82, 2.24) is 19.3 Å². The minimum atomic E-state index is -1.07. The van der Waals surface area contributed by atoms with Crippen LogP contribution < -0.4 is 15.8 Å². The van der Waals surface area contributed by atoms with Crippen LogP contribution in [0.15, 0.2) is 41.3 Å². The molecule has 2 N–H and O–H groups in total. The summed E-state index contributed by atoms with van der Waals surface area (Å²) >= 11 is 6.05. The lowest BCUT2D eigenvalue weighted by Gasteiger charge is -2.32. The highest BCUT2D eigenvalue weighted by Gasteiger charge is 2.38. The van der Waals surface area contributed by atoms with Gasteiger partial charge in [0.25, 0.3) is 5.56 Å². The Morgan fingerprint density at radius 1 is 1.21 bits per heavy atom. The smallest absolute Gasteiger partial charge is 0.326 e. The first kappa shape index (κ1) is 27.7. The number of anilines is 1. The number of aromatic nitrogens is 3. The molecule has 38 heavy (non-hydrogen) atoms. The first-order chi connectivity index (χ1) is 18.0. The molecule has 1 aliphatic rings. The SMILES string of the molecule is CCCCCn1c(N2CCC[C@H]2C(=O)N[C@H](C(=O)O)C(C)(C)C)cc(=O)n2cc(-c3ccc(Cl)cc3)nc12. The lowest BCUT2D eigenvalue weighted by molar-refractivity contribution is -0.145. The zero-order valence-electron chi connectivity index (χ0n) is 22.4. The van der Waals surface area contributed by atoms with Crippen molar-refractivity contribution in [3.05, 3.63) is 51.9 Å². The van der Waals surface area contributed by atoms with Crippen molar-refractivity contribution in [2.75, 3.05) is 11.4 Å². The van der Waals surface area contributed by atoms with Crippen LogP contribution in [0.1, 0.15) is 59.8 Å². The maximum absolute atomic E-state index is 13.4. The molecule has 0 spiro atoms. The van der Waals surface area contributed by atoms with E-state index in [4.69, 9.17) is 16.6 Å². The number of carboxylic acids is 1. The molecule has 204 valence electrons. The highest BCUT2D eigenvalue weighted by molar-refractivity contribution is 6.30. The van der Waals surface area contributed by atoms with Gasteiger partial charge in [0, 0.05) is 35.9 Å². The molecular formula is C28H36ClN5O4. The van der Waals surface area contributed by atoms with E-state index in [1.54, 1.807) is 49.6 Å². The maximum Gasteiger partial charge on any atom is 0.326 e. The number of benzene rings is 1. The molecule has 1 fully saturated rings. The Kier molecular flexibility index (Phi) is 8.16. The number of carbonyl (C=O) groups excluding carboxylic acids is 1. The first-order valence-corrected chi connectivity index (χ1v) is 13.6. The third-order valence-electron chi connectivity index (χ3n) is 7.07. The molecule has 2 atom stereocenters. The lowest BCUT2D eigenvalue weighted by atomic mass is 9.86. The predicted molar refractivity (Wildman–Crippen MR) is 149 cm³/mol. The Balaban J connectivity index is 1.76. The zero-order chi connectivity index (χ0) is 27.6. The summed E-state index contributed by atoms with van der Waals surface area (Å²) in [5.74, 6) is -0.271. The van der Waals surface area contributed by atoms with E-state index < -0.39 is 23.5 Å². The van der Waals surface area contributed by atoms with Crippen LogP contribution in [-0.2, 0) is 16.1 Å². The summed E-state index contributed by atoms with van der Waals surface area (Å²) in [6, 6.07) is 7.27. The number of nitrogens with one attached hydrogen (secondary N) is 1. The van der Waals surface area contributed by atoms with E-state index in [2.05, 4.69) is 12.2 Å². The highest BCUT2D eigenvalue weighted by atomic mass is 35.5. The van der Waals surface area contributed by atoms with Gasteiger partial charge in [-0.1, -0.05) is 64.3 Å². The van der Waals surface area contributed by atoms with Gasteiger partial charge in [-0.2, -0.15) is 0 Å². The Morgan fingerprint density at radius 2 is 1.92 bits per heavy atom. The van der Waals surface area contributed by atoms with Crippen LogP contribution in [0, 0.1) is 5.41 Å². The number of aliphatic carboxylic acids is 1. The van der Waals surface area contributed by atoms with Crippen molar-refractivity contribution in [3.63, 3.8) is 0 Å². The van der Waals surface area contributed by atoms with Crippen molar-refractivity contribution in [3.8, 4) is 11.3 Å². The summed E-state index contributed by atoms with van der Waals surface area (Å²) in [6.07, 6.45) is 5.99. The molecule has 3 aromatic rings. The van der Waals surface area contributed by atoms with Crippen molar-refractivity contribution < 1.29 is 14.7 Å². The van der Waals surface area contributed by atoms with Gasteiger partial charge in [0.2, 0.25) is 11.7 Å². The molecule has 10 heteroatoms. The Bertz CT molecular complexity index is 1370. The van der Waals surface area contributed by atoms with Crippen molar-refractivity contribution in [2.45, 2.75) is 78.4 Å². The van der Waals surface area contributed by atoms with Gasteiger partial charge >= 0.3 is 5.97 Å². The van der Waals surface area contributed by atoms with Crippen LogP contribution in [0.25, 0.3) is 17.0 Å². The fourth-order valence-corrected chi connectivity index (χ4v) is 5.14. The number of hydrogen-bond donors (Lipinski definition) is 2. The largest absolute Gasteiger partial charge is 0.480 e. The predicted octanol–water partition coefficient (Wildman–Crippen LogP) is 4.59. The molecule has 4 rings (SSSR count). The average molecular weight is 542 g/mol. The summed E-state index contributed by atoms with van der Waals surface area (Å²) < 4.78 is 3.56. The topological polar surface area (TPSA) is 109 Å². The number of aryl methyl sites for hydroxylation is 1. The number of amides is 1. The van der Waals surface area contributed by atoms with Gasteiger partial charge in [-0.05, 0) is 36.8 Å². The molecule has 1 aliphatic heterocycles. The zero-order valence-corrected chi connectivity index (χ0v) is 23.2. The molecule has 0 aliphatic carbocycles. The maximum atomic E-state index is 13.4. The molecule has 0 bridgehead atoms. The van der Waals surface area contributed by atoms with E-state index in [0.717, 1.165) is 31.2 Å². The quantitative estimate of drug-likeness (QED) is 0.383. The van der Waals surface area contributed by atoms with Crippen LogP contribution >= 0.6 is 11.6 Å². The third kappa shape index (κ3) is 5.72. The molecule has 2 aromatic heterocycles. The van der Waals surface area contributed by atoms with E-state index >= 15 is 0 Å². The van der Waals surface area contributed by atoms with Gasteiger partial charge in [0.15, 0.2) is 0 Å². The monoisotopic (exact) mass is 541 g/mol. The number of hydrogen-bond acceptors (Lipinski definition) is 5. The number of carbonyl (C=O) groups is 2. The molecule has 1 amide bonds. The number of rotatable bonds is 9. The second-order valence-corrected chi connectivity index (χ2v) is 11.4. The minimum absolute atomic E-state index is 0.237. The standard InChI is InChI=1S/C28H36ClN5O4/c1-5-6-7-14-33-22(32-15-8-9-21(32)25(36)31-24(26(37)38)28(2,3)4)16-23(35)34-17-20(30-27(33)34)18-10-12-19(29)13-11-18/h10-13,16-17,21,24H,5-9,14-15H2,1-4H3,(H,31,36)(H,37,38)/t21-,24+/m0/s1. The second kappa shape index (κ2) is 11.2. The van der Waals surface area contributed by atoms with Gasteiger partial charge in [0.1, 0.15) is 17.9 Å². The molecule has 0 radical (unpaired) electrons. The van der Waals surface area contributed by atoms with Gasteiger partial charge in [-0.25, -0.2) is 9.78 Å². The second-order valence-electron chi connectivity index (χ2n) is 11.0. The third-order valence-corrected chi connectivity index (χ3v) is 7.32. The molecule has 1 aromatic carbocycles. The number of nitrogens with zero attached hydrogens (tertiary/aromatic N) is 4. The minimum Gasteiger partial charge on any atom is -0.480 e. The molecule has 0 unspecified atom stereocenters. The molecule has 0 saturated carbocycles. The van der Waals surface area contributed by atoms with Gasteiger partial charge < -0.3 is 15.3 Å². The molecular weight excluding hydrogens is 506 g/mol. The van der Waals surface area contributed by atoms with Crippen LogP contribution in [0.5, 0.6) is 0 Å². The summed E-state index contributed by atoms with van der Waals surface area (Å²) in [5.41, 5.74) is 0.614. The Labute approximate surface area is 227 Å². The number of unbranched alkanes of at least 4 members (excludes halogenated alkanes) is 2. The summed E-state index contributed by atoms with van der Waals surface area (Å²) in [4.78, 5) is 45.3. The van der Waals surface area contributed by atoms with E-state index in [9.17, 15) is 19.5 Å². The number of fused-ring (bicyclic) bond motifs is 1. The van der Waals surface area contributed by atoms with Gasteiger partial charge in [-0.3, -0.25) is 18.6 Å². The van der Waals surface area contributed by atoms with Crippen LogP contribution in [-0.4, -0.2) is 49.6 Å². The van der Waals surface area contributed by atoms with Crippen LogP contribution in [0.3, 0.4) is 0 Å². The average Bonchev–Trinajstić information content (AvgIpc) is 3.51. The number of halogens is 1. The fourth-order valence-electron chi connectivity index (χ4n) is 5.02. The fraction of sp³-hybridized carbons (Fsp3) is 0.500. The molecule has 9 nitrogen and oxygen atoms in total. The molecule has 3 heterocycles. The van der Waals surface area contributed by atoms with Gasteiger partial charge in [-0.15, -0.1) is 0 Å². The number of imidazole rings is 1. The Hall–Kier alpha value is -3.33. The normalized spacial score (nSPS) is 16.7. The summed E-state index contributed by atoms with van der Waals surface area (Å²) in [5, 5.41) is 13.1. The van der Waals surface area contributed by atoms with Gasteiger partial charge in [0.05, 0.1) is 5.69 Å². The van der Waals surface area contributed by atoms with Crippen LogP contribution in [0.2, 0.25) is 5.02 Å². The lowest BCUT2D eigenvalue weighted by Crippen LogP contribution is -2.54. The van der Waals surface area contributed by atoms with E-state index in [0.29, 0.717) is 41.8 Å². The van der Waals surface area contributed by atoms with E-state index in [1.807, 2.05) is 21.6 Å². The van der Waals surface area contributed by atoms with Crippen molar-refractivity contribution in [1.29, 1.82) is 0 Å². The first-order valence-electron chi connectivity index (χ1n) is 13.2.